The summed E-state index contributed by atoms with van der Waals surface area (Å²) >= 11 is 0. The van der Waals surface area contributed by atoms with E-state index in [2.05, 4.69) is 9.98 Å². The van der Waals surface area contributed by atoms with Gasteiger partial charge in [-0.3, -0.25) is 0 Å². The fraction of sp³-hybridized carbons (Fsp3) is 0. The van der Waals surface area contributed by atoms with Crippen LogP contribution in [0.5, 0.6) is 11.5 Å². The van der Waals surface area contributed by atoms with Crippen LogP contribution in [0, 0.1) is 0 Å². The number of hydrogen-bond acceptors (Lipinski definition) is 8. The molecule has 158 valence electrons. The molecule has 0 amide bonds. The van der Waals surface area contributed by atoms with Crippen LogP contribution in [0.1, 0.15) is 23.0 Å². The monoisotopic (exact) mass is 428 g/mol. The van der Waals surface area contributed by atoms with Crippen molar-refractivity contribution in [3.05, 3.63) is 109 Å². The van der Waals surface area contributed by atoms with E-state index in [0.29, 0.717) is 34.3 Å². The number of para-hydroxylation sites is 2. The maximum atomic E-state index is 10.2. The van der Waals surface area contributed by atoms with E-state index >= 15 is 0 Å². The third kappa shape index (κ3) is 3.61. The molecule has 0 bridgehead atoms. The fourth-order valence-corrected chi connectivity index (χ4v) is 3.12. The van der Waals surface area contributed by atoms with Crippen molar-refractivity contribution < 1.29 is 27.9 Å². The molecule has 5 rings (SSSR count). The summed E-state index contributed by atoms with van der Waals surface area (Å²) in [5, 5.41) is 20.4. The SMILES string of the molecule is Oc1ccoc1C(=Nc1ccccc1N=C(c1ccco1)c1occc1O)c1ccco1. The highest BCUT2D eigenvalue weighted by Gasteiger charge is 2.21. The van der Waals surface area contributed by atoms with Crippen molar-refractivity contribution >= 4 is 22.8 Å². The standard InChI is InChI=1S/C24H16N2O6/c27-17-9-13-31-23(17)21(19-7-3-11-29-19)25-15-5-1-2-6-16(15)26-22(20-8-4-12-30-20)24-18(28)10-14-32-24/h1-14,27-28H. The molecule has 0 aliphatic rings. The van der Waals surface area contributed by atoms with E-state index in [1.807, 2.05) is 0 Å². The Balaban J connectivity index is 1.68. The molecule has 0 radical (unpaired) electrons. The third-order valence-electron chi connectivity index (χ3n) is 4.57. The lowest BCUT2D eigenvalue weighted by Gasteiger charge is -2.06. The predicted molar refractivity (Wildman–Crippen MR) is 115 cm³/mol. The normalized spacial score (nSPS) is 12.4. The average molecular weight is 428 g/mol. The van der Waals surface area contributed by atoms with Crippen LogP contribution in [0.2, 0.25) is 0 Å². The maximum Gasteiger partial charge on any atom is 0.197 e. The van der Waals surface area contributed by atoms with Gasteiger partial charge in [0.1, 0.15) is 0 Å². The quantitative estimate of drug-likeness (QED) is 0.330. The van der Waals surface area contributed by atoms with Gasteiger partial charge in [0, 0.05) is 12.1 Å². The van der Waals surface area contributed by atoms with Crippen LogP contribution in [0.3, 0.4) is 0 Å². The molecule has 0 unspecified atom stereocenters. The van der Waals surface area contributed by atoms with Crippen molar-refractivity contribution in [2.24, 2.45) is 9.98 Å². The molecule has 0 saturated heterocycles. The summed E-state index contributed by atoms with van der Waals surface area (Å²) in [5.41, 5.74) is 1.51. The molecule has 8 nitrogen and oxygen atoms in total. The highest BCUT2D eigenvalue weighted by atomic mass is 16.4. The molecule has 0 aliphatic heterocycles. The van der Waals surface area contributed by atoms with Crippen LogP contribution in [0.4, 0.5) is 11.4 Å². The predicted octanol–water partition coefficient (Wildman–Crippen LogP) is 5.81. The number of aliphatic imine (C=N–C) groups is 2. The summed E-state index contributed by atoms with van der Waals surface area (Å²) in [5.74, 6) is 0.992. The molecule has 32 heavy (non-hydrogen) atoms. The van der Waals surface area contributed by atoms with Gasteiger partial charge in [-0.2, -0.15) is 0 Å². The minimum Gasteiger partial charge on any atom is -0.504 e. The van der Waals surface area contributed by atoms with Gasteiger partial charge in [0.15, 0.2) is 46.0 Å². The zero-order valence-corrected chi connectivity index (χ0v) is 16.5. The molecule has 4 aromatic heterocycles. The number of rotatable bonds is 6. The lowest BCUT2D eigenvalue weighted by atomic mass is 10.2. The van der Waals surface area contributed by atoms with E-state index < -0.39 is 0 Å². The van der Waals surface area contributed by atoms with Gasteiger partial charge in [-0.25, -0.2) is 9.98 Å². The van der Waals surface area contributed by atoms with Gasteiger partial charge in [-0.05, 0) is 36.4 Å². The Morgan fingerprint density at radius 3 is 1.34 bits per heavy atom. The largest absolute Gasteiger partial charge is 0.504 e. The van der Waals surface area contributed by atoms with Crippen LogP contribution in [-0.2, 0) is 0 Å². The van der Waals surface area contributed by atoms with Crippen molar-refractivity contribution in [1.29, 1.82) is 0 Å². The van der Waals surface area contributed by atoms with Crippen LogP contribution < -0.4 is 0 Å². The van der Waals surface area contributed by atoms with Gasteiger partial charge in [-0.15, -0.1) is 0 Å². The Morgan fingerprint density at radius 2 is 1.00 bits per heavy atom. The summed E-state index contributed by atoms with van der Waals surface area (Å²) in [6.07, 6.45) is 5.73. The first kappa shape index (κ1) is 19.3. The topological polar surface area (TPSA) is 118 Å². The summed E-state index contributed by atoms with van der Waals surface area (Å²) in [6, 6.07) is 16.8. The zero-order valence-electron chi connectivity index (χ0n) is 16.5. The number of furan rings is 4. The molecule has 1 aromatic carbocycles. The number of nitrogens with zero attached hydrogens (tertiary/aromatic N) is 2. The van der Waals surface area contributed by atoms with Crippen molar-refractivity contribution in [1.82, 2.24) is 0 Å². The molecular formula is C24H16N2O6. The Labute approximate surface area is 181 Å². The summed E-state index contributed by atoms with van der Waals surface area (Å²) in [4.78, 5) is 9.36. The Bertz CT molecular complexity index is 1280. The third-order valence-corrected chi connectivity index (χ3v) is 4.57. The summed E-state index contributed by atoms with van der Waals surface area (Å²) in [6.45, 7) is 0. The first-order valence-corrected chi connectivity index (χ1v) is 9.58. The van der Waals surface area contributed by atoms with Gasteiger partial charge in [0.25, 0.3) is 0 Å². The fourth-order valence-electron chi connectivity index (χ4n) is 3.12. The first-order valence-electron chi connectivity index (χ1n) is 9.58. The number of hydrogen-bond donors (Lipinski definition) is 2. The van der Waals surface area contributed by atoms with Crippen LogP contribution in [0.25, 0.3) is 0 Å². The van der Waals surface area contributed by atoms with Crippen LogP contribution in [-0.4, -0.2) is 21.6 Å². The molecule has 5 aromatic rings. The molecule has 8 heteroatoms. The van der Waals surface area contributed by atoms with Crippen LogP contribution >= 0.6 is 0 Å². The lowest BCUT2D eigenvalue weighted by Crippen LogP contribution is -2.01. The summed E-state index contributed by atoms with van der Waals surface area (Å²) in [7, 11) is 0. The van der Waals surface area contributed by atoms with Crippen molar-refractivity contribution in [2.45, 2.75) is 0 Å². The Hall–Kier alpha value is -4.72. The molecule has 0 aliphatic carbocycles. The second-order valence-electron chi connectivity index (χ2n) is 6.63. The summed E-state index contributed by atoms with van der Waals surface area (Å²) < 4.78 is 21.9. The smallest absolute Gasteiger partial charge is 0.197 e. The molecule has 0 saturated carbocycles. The molecular weight excluding hydrogens is 412 g/mol. The van der Waals surface area contributed by atoms with Crippen molar-refractivity contribution in [3.8, 4) is 11.5 Å². The van der Waals surface area contributed by atoms with Crippen LogP contribution in [0.15, 0.2) is 113 Å². The average Bonchev–Trinajstić information content (AvgIpc) is 3.60. The molecule has 0 atom stereocenters. The minimum absolute atomic E-state index is 0.0714. The van der Waals surface area contributed by atoms with Crippen molar-refractivity contribution in [3.63, 3.8) is 0 Å². The minimum atomic E-state index is -0.0714. The van der Waals surface area contributed by atoms with Crippen molar-refractivity contribution in [2.75, 3.05) is 0 Å². The van der Waals surface area contributed by atoms with Gasteiger partial charge >= 0.3 is 0 Å². The molecule has 0 fully saturated rings. The molecule has 2 N–H and O–H groups in total. The zero-order chi connectivity index (χ0) is 21.9. The highest BCUT2D eigenvalue weighted by Crippen LogP contribution is 2.33. The van der Waals surface area contributed by atoms with Gasteiger partial charge < -0.3 is 27.9 Å². The van der Waals surface area contributed by atoms with Gasteiger partial charge in [0.2, 0.25) is 0 Å². The Morgan fingerprint density at radius 1 is 0.531 bits per heavy atom. The molecule has 0 spiro atoms. The molecule has 4 heterocycles. The Kier molecular flexibility index (Phi) is 4.93. The van der Waals surface area contributed by atoms with Gasteiger partial charge in [0.05, 0.1) is 36.4 Å². The number of benzene rings is 1. The second kappa shape index (κ2) is 8.19. The van der Waals surface area contributed by atoms with E-state index in [1.165, 1.54) is 37.2 Å². The van der Waals surface area contributed by atoms with E-state index in [9.17, 15) is 10.2 Å². The van der Waals surface area contributed by atoms with E-state index in [4.69, 9.17) is 17.7 Å². The van der Waals surface area contributed by atoms with Gasteiger partial charge in [-0.1, -0.05) is 12.1 Å². The van der Waals surface area contributed by atoms with E-state index in [0.717, 1.165) is 0 Å². The second-order valence-corrected chi connectivity index (χ2v) is 6.63. The van der Waals surface area contributed by atoms with E-state index in [1.54, 1.807) is 48.5 Å². The lowest BCUT2D eigenvalue weighted by molar-refractivity contribution is 0.452. The first-order chi connectivity index (χ1) is 15.7. The number of aromatic hydroxyl groups is 2. The maximum absolute atomic E-state index is 10.2. The highest BCUT2D eigenvalue weighted by molar-refractivity contribution is 6.14. The van der Waals surface area contributed by atoms with E-state index in [-0.39, 0.29) is 23.0 Å².